The molecule has 4 heteroatoms. The minimum atomic E-state index is 0.228. The highest BCUT2D eigenvalue weighted by Gasteiger charge is 2.11. The van der Waals surface area contributed by atoms with Crippen molar-refractivity contribution in [1.82, 2.24) is 4.98 Å². The van der Waals surface area contributed by atoms with Crippen molar-refractivity contribution >= 4 is 17.0 Å². The van der Waals surface area contributed by atoms with E-state index >= 15 is 0 Å². The van der Waals surface area contributed by atoms with Gasteiger partial charge in [0.05, 0.1) is 17.2 Å². The summed E-state index contributed by atoms with van der Waals surface area (Å²) < 4.78 is 0. The largest absolute Gasteiger partial charge is 0.508 e. The number of thiazole rings is 1. The summed E-state index contributed by atoms with van der Waals surface area (Å²) in [6.45, 7) is 6.03. The Kier molecular flexibility index (Phi) is 3.33. The second-order valence-corrected chi connectivity index (χ2v) is 5.06. The van der Waals surface area contributed by atoms with Crippen molar-refractivity contribution in [3.8, 4) is 5.75 Å². The molecule has 90 valence electrons. The van der Waals surface area contributed by atoms with Gasteiger partial charge < -0.3 is 10.4 Å². The number of aromatic nitrogens is 1. The van der Waals surface area contributed by atoms with Gasteiger partial charge >= 0.3 is 0 Å². The number of aryl methyl sites for hydroxylation is 2. The molecule has 2 N–H and O–H groups in total. The lowest BCUT2D eigenvalue weighted by molar-refractivity contribution is 0.471. The second-order valence-electron chi connectivity index (χ2n) is 4.17. The molecule has 0 aliphatic heterocycles. The monoisotopic (exact) mass is 248 g/mol. The van der Waals surface area contributed by atoms with Crippen molar-refractivity contribution in [3.05, 3.63) is 39.8 Å². The zero-order valence-electron chi connectivity index (χ0n) is 10.2. The van der Waals surface area contributed by atoms with E-state index in [0.717, 1.165) is 16.9 Å². The highest BCUT2D eigenvalue weighted by molar-refractivity contribution is 7.09. The summed E-state index contributed by atoms with van der Waals surface area (Å²) in [5.74, 6) is 0.331. The second kappa shape index (κ2) is 4.75. The fourth-order valence-electron chi connectivity index (χ4n) is 1.79. The van der Waals surface area contributed by atoms with Crippen LogP contribution in [0.15, 0.2) is 23.7 Å². The Hall–Kier alpha value is -1.55. The summed E-state index contributed by atoms with van der Waals surface area (Å²) in [7, 11) is 0. The van der Waals surface area contributed by atoms with Crippen LogP contribution in [0.25, 0.3) is 0 Å². The van der Waals surface area contributed by atoms with Crippen LogP contribution in [0.1, 0.15) is 29.1 Å². The number of rotatable bonds is 3. The van der Waals surface area contributed by atoms with Crippen molar-refractivity contribution in [2.45, 2.75) is 26.8 Å². The molecule has 0 saturated heterocycles. The van der Waals surface area contributed by atoms with E-state index in [2.05, 4.69) is 17.2 Å². The third kappa shape index (κ3) is 2.58. The Morgan fingerprint density at radius 1 is 1.35 bits per heavy atom. The first kappa shape index (κ1) is 11.9. The van der Waals surface area contributed by atoms with E-state index < -0.39 is 0 Å². The normalized spacial score (nSPS) is 12.4. The number of aromatic hydroxyl groups is 1. The van der Waals surface area contributed by atoms with Crippen LogP contribution < -0.4 is 5.32 Å². The molecule has 3 nitrogen and oxygen atoms in total. The van der Waals surface area contributed by atoms with Crippen LogP contribution in [0.2, 0.25) is 0 Å². The van der Waals surface area contributed by atoms with Crippen molar-refractivity contribution < 1.29 is 5.11 Å². The Bertz CT molecular complexity index is 522. The number of phenols is 1. The van der Waals surface area contributed by atoms with Crippen LogP contribution in [0.4, 0.5) is 5.69 Å². The Balaban J connectivity index is 2.16. The van der Waals surface area contributed by atoms with Crippen LogP contribution >= 0.6 is 11.3 Å². The number of phenolic OH excluding ortho intramolecular Hbond substituents is 1. The van der Waals surface area contributed by atoms with Gasteiger partial charge in [0.2, 0.25) is 0 Å². The van der Waals surface area contributed by atoms with Gasteiger partial charge in [-0.2, -0.15) is 0 Å². The number of hydrogen-bond donors (Lipinski definition) is 2. The van der Waals surface area contributed by atoms with Gasteiger partial charge in [0.1, 0.15) is 5.75 Å². The van der Waals surface area contributed by atoms with Crippen LogP contribution in [0, 0.1) is 13.8 Å². The van der Waals surface area contributed by atoms with Crippen LogP contribution in [0.3, 0.4) is 0 Å². The summed E-state index contributed by atoms with van der Waals surface area (Å²) in [6.07, 6.45) is 0. The molecule has 0 amide bonds. The van der Waals surface area contributed by atoms with Gasteiger partial charge in [-0.15, -0.1) is 11.3 Å². The van der Waals surface area contributed by atoms with Crippen LogP contribution in [-0.2, 0) is 0 Å². The molecule has 2 aromatic rings. The molecule has 0 spiro atoms. The Labute approximate surface area is 105 Å². The third-order valence-electron chi connectivity index (χ3n) is 2.76. The molecule has 17 heavy (non-hydrogen) atoms. The molecule has 1 aromatic heterocycles. The maximum Gasteiger partial charge on any atom is 0.118 e. The Morgan fingerprint density at radius 2 is 2.12 bits per heavy atom. The molecule has 2 rings (SSSR count). The fraction of sp³-hybridized carbons (Fsp3) is 0.308. The summed E-state index contributed by atoms with van der Waals surface area (Å²) in [4.78, 5) is 5.50. The van der Waals surface area contributed by atoms with Crippen LogP contribution in [-0.4, -0.2) is 10.1 Å². The van der Waals surface area contributed by atoms with Crippen LogP contribution in [0.5, 0.6) is 5.75 Å². The molecule has 0 radical (unpaired) electrons. The summed E-state index contributed by atoms with van der Waals surface area (Å²) in [6, 6.07) is 5.77. The number of anilines is 1. The SMILES string of the molecule is Cc1cc(NC(C)c2scnc2C)ccc1O. The molecular weight excluding hydrogens is 232 g/mol. The first-order valence-corrected chi connectivity index (χ1v) is 6.42. The first-order valence-electron chi connectivity index (χ1n) is 5.54. The van der Waals surface area contributed by atoms with Crippen molar-refractivity contribution in [3.63, 3.8) is 0 Å². The average molecular weight is 248 g/mol. The van der Waals surface area contributed by atoms with E-state index in [4.69, 9.17) is 0 Å². The smallest absolute Gasteiger partial charge is 0.118 e. The van der Waals surface area contributed by atoms with Gasteiger partial charge in [0.25, 0.3) is 0 Å². The van der Waals surface area contributed by atoms with Crippen molar-refractivity contribution in [2.24, 2.45) is 0 Å². The molecule has 0 bridgehead atoms. The van der Waals surface area contributed by atoms with Gasteiger partial charge in [-0.3, -0.25) is 0 Å². The minimum absolute atomic E-state index is 0.228. The van der Waals surface area contributed by atoms with E-state index in [1.54, 1.807) is 17.4 Å². The van der Waals surface area contributed by atoms with Gasteiger partial charge in [-0.1, -0.05) is 0 Å². The van der Waals surface area contributed by atoms with Crippen molar-refractivity contribution in [2.75, 3.05) is 5.32 Å². The number of benzene rings is 1. The average Bonchev–Trinajstić information content (AvgIpc) is 2.70. The molecule has 1 heterocycles. The van der Waals surface area contributed by atoms with Gasteiger partial charge in [-0.05, 0) is 44.5 Å². The molecule has 1 atom stereocenters. The number of hydrogen-bond acceptors (Lipinski definition) is 4. The van der Waals surface area contributed by atoms with Gasteiger partial charge in [-0.25, -0.2) is 4.98 Å². The van der Waals surface area contributed by atoms with E-state index in [9.17, 15) is 5.11 Å². The highest BCUT2D eigenvalue weighted by Crippen LogP contribution is 2.27. The van der Waals surface area contributed by atoms with Gasteiger partial charge in [0.15, 0.2) is 0 Å². The zero-order valence-corrected chi connectivity index (χ0v) is 11.0. The fourth-order valence-corrected chi connectivity index (χ4v) is 2.60. The van der Waals surface area contributed by atoms with E-state index in [1.165, 1.54) is 4.88 Å². The molecular formula is C13H16N2OS. The number of nitrogens with one attached hydrogen (secondary N) is 1. The maximum absolute atomic E-state index is 9.47. The lowest BCUT2D eigenvalue weighted by Gasteiger charge is -2.15. The van der Waals surface area contributed by atoms with Gasteiger partial charge in [0, 0.05) is 10.6 Å². The highest BCUT2D eigenvalue weighted by atomic mass is 32.1. The van der Waals surface area contributed by atoms with E-state index in [0.29, 0.717) is 5.75 Å². The predicted molar refractivity (Wildman–Crippen MR) is 71.7 cm³/mol. The number of nitrogens with zero attached hydrogens (tertiary/aromatic N) is 1. The lowest BCUT2D eigenvalue weighted by Crippen LogP contribution is -2.06. The molecule has 1 unspecified atom stereocenters. The van der Waals surface area contributed by atoms with E-state index in [-0.39, 0.29) is 6.04 Å². The summed E-state index contributed by atoms with van der Waals surface area (Å²) in [5.41, 5.74) is 4.83. The molecule has 0 fully saturated rings. The quantitative estimate of drug-likeness (QED) is 0.815. The predicted octanol–water partition coefficient (Wildman–Crippen LogP) is 3.64. The summed E-state index contributed by atoms with van der Waals surface area (Å²) in [5, 5.41) is 12.9. The molecule has 0 aliphatic carbocycles. The standard InChI is InChI=1S/C13H16N2OS/c1-8-6-11(4-5-12(8)16)15-10(3)13-9(2)14-7-17-13/h4-7,10,15-16H,1-3H3. The maximum atomic E-state index is 9.47. The topological polar surface area (TPSA) is 45.2 Å². The Morgan fingerprint density at radius 3 is 2.71 bits per heavy atom. The first-order chi connectivity index (χ1) is 8.08. The zero-order chi connectivity index (χ0) is 12.4. The lowest BCUT2D eigenvalue weighted by atomic mass is 10.1. The summed E-state index contributed by atoms with van der Waals surface area (Å²) >= 11 is 1.66. The molecule has 0 saturated carbocycles. The minimum Gasteiger partial charge on any atom is -0.508 e. The molecule has 1 aromatic carbocycles. The molecule has 0 aliphatic rings. The van der Waals surface area contributed by atoms with Crippen molar-refractivity contribution in [1.29, 1.82) is 0 Å². The third-order valence-corrected chi connectivity index (χ3v) is 3.87. The van der Waals surface area contributed by atoms with E-state index in [1.807, 2.05) is 31.5 Å².